The molecule has 1 N–H and O–H groups in total. The van der Waals surface area contributed by atoms with Crippen LogP contribution in [0.5, 0.6) is 0 Å². The number of ether oxygens (including phenoxy) is 1. The van der Waals surface area contributed by atoms with E-state index in [0.29, 0.717) is 6.04 Å². The molecular formula is C16H23NO. The van der Waals surface area contributed by atoms with Crippen molar-refractivity contribution in [3.8, 4) is 0 Å². The van der Waals surface area contributed by atoms with Crippen LogP contribution in [0.3, 0.4) is 0 Å². The van der Waals surface area contributed by atoms with Crippen LogP contribution in [0.4, 0.5) is 0 Å². The van der Waals surface area contributed by atoms with Crippen molar-refractivity contribution in [1.29, 1.82) is 0 Å². The molecular weight excluding hydrogens is 222 g/mol. The Bertz CT molecular complexity index is 384. The van der Waals surface area contributed by atoms with Gasteiger partial charge in [0, 0.05) is 0 Å². The minimum atomic E-state index is 0.399. The molecule has 0 saturated heterocycles. The molecule has 2 heteroatoms. The maximum Gasteiger partial charge on any atom is 0.0721 e. The van der Waals surface area contributed by atoms with Crippen molar-refractivity contribution in [1.82, 2.24) is 5.32 Å². The van der Waals surface area contributed by atoms with Crippen molar-refractivity contribution in [3.63, 3.8) is 0 Å². The molecule has 1 heterocycles. The van der Waals surface area contributed by atoms with E-state index in [4.69, 9.17) is 4.74 Å². The minimum Gasteiger partial charge on any atom is -0.375 e. The van der Waals surface area contributed by atoms with Crippen molar-refractivity contribution in [2.24, 2.45) is 5.92 Å². The largest absolute Gasteiger partial charge is 0.375 e. The maximum absolute atomic E-state index is 5.67. The van der Waals surface area contributed by atoms with E-state index in [1.54, 1.807) is 0 Å². The highest BCUT2D eigenvalue weighted by Gasteiger charge is 2.20. The van der Waals surface area contributed by atoms with Crippen LogP contribution in [0.1, 0.15) is 49.3 Å². The highest BCUT2D eigenvalue weighted by molar-refractivity contribution is 5.30. The van der Waals surface area contributed by atoms with Gasteiger partial charge in [-0.05, 0) is 30.0 Å². The third-order valence-electron chi connectivity index (χ3n) is 4.39. The van der Waals surface area contributed by atoms with Crippen molar-refractivity contribution >= 4 is 0 Å². The Morgan fingerprint density at radius 3 is 2.89 bits per heavy atom. The van der Waals surface area contributed by atoms with Gasteiger partial charge in [-0.15, -0.1) is 0 Å². The average molecular weight is 245 g/mol. The number of hydrogen-bond donors (Lipinski definition) is 1. The molecule has 1 aliphatic heterocycles. The number of hydrogen-bond acceptors (Lipinski definition) is 2. The minimum absolute atomic E-state index is 0.399. The van der Waals surface area contributed by atoms with Gasteiger partial charge in [0.1, 0.15) is 0 Å². The molecule has 0 amide bonds. The van der Waals surface area contributed by atoms with Gasteiger partial charge in [0.25, 0.3) is 0 Å². The zero-order valence-corrected chi connectivity index (χ0v) is 11.0. The van der Waals surface area contributed by atoms with E-state index in [-0.39, 0.29) is 0 Å². The first-order valence-corrected chi connectivity index (χ1v) is 7.32. The predicted molar refractivity (Wildman–Crippen MR) is 73.4 cm³/mol. The molecule has 18 heavy (non-hydrogen) atoms. The van der Waals surface area contributed by atoms with Crippen LogP contribution in [0, 0.1) is 5.92 Å². The van der Waals surface area contributed by atoms with Crippen LogP contribution >= 0.6 is 0 Å². The third-order valence-corrected chi connectivity index (χ3v) is 4.39. The fourth-order valence-electron chi connectivity index (χ4n) is 3.31. The van der Waals surface area contributed by atoms with Crippen LogP contribution < -0.4 is 5.32 Å². The summed E-state index contributed by atoms with van der Waals surface area (Å²) in [5.74, 6) is 0.970. The molecule has 1 aliphatic carbocycles. The zero-order chi connectivity index (χ0) is 12.2. The first kappa shape index (κ1) is 12.2. The summed E-state index contributed by atoms with van der Waals surface area (Å²) in [4.78, 5) is 0. The molecule has 2 aliphatic rings. The van der Waals surface area contributed by atoms with Gasteiger partial charge in [-0.2, -0.15) is 0 Å². The fraction of sp³-hybridized carbons (Fsp3) is 0.625. The molecule has 0 spiro atoms. The molecule has 1 saturated carbocycles. The molecule has 0 radical (unpaired) electrons. The lowest BCUT2D eigenvalue weighted by atomic mass is 9.98. The lowest BCUT2D eigenvalue weighted by molar-refractivity contribution is 0.0818. The van der Waals surface area contributed by atoms with Crippen molar-refractivity contribution in [2.75, 3.05) is 13.2 Å². The van der Waals surface area contributed by atoms with Gasteiger partial charge in [-0.3, -0.25) is 0 Å². The van der Waals surface area contributed by atoms with Crippen molar-refractivity contribution < 1.29 is 4.74 Å². The number of fused-ring (bicyclic) bond motifs is 1. The van der Waals surface area contributed by atoms with E-state index in [1.807, 2.05) is 0 Å². The zero-order valence-electron chi connectivity index (χ0n) is 11.0. The molecule has 1 fully saturated rings. The number of rotatable bonds is 4. The van der Waals surface area contributed by atoms with Crippen LogP contribution in [0.2, 0.25) is 0 Å². The summed E-state index contributed by atoms with van der Waals surface area (Å²) < 4.78 is 5.67. The Hall–Kier alpha value is -0.860. The van der Waals surface area contributed by atoms with E-state index in [1.165, 1.54) is 43.2 Å². The smallest absolute Gasteiger partial charge is 0.0721 e. The second kappa shape index (κ2) is 5.85. The van der Waals surface area contributed by atoms with Gasteiger partial charge in [-0.1, -0.05) is 49.9 Å². The summed E-state index contributed by atoms with van der Waals surface area (Å²) in [5, 5.41) is 3.68. The molecule has 2 nitrogen and oxygen atoms in total. The molecule has 1 aromatic carbocycles. The van der Waals surface area contributed by atoms with Gasteiger partial charge < -0.3 is 10.1 Å². The van der Waals surface area contributed by atoms with E-state index in [9.17, 15) is 0 Å². The second-order valence-electron chi connectivity index (χ2n) is 5.66. The van der Waals surface area contributed by atoms with Gasteiger partial charge in [0.2, 0.25) is 0 Å². The molecule has 1 atom stereocenters. The summed E-state index contributed by atoms with van der Waals surface area (Å²) in [6.07, 6.45) is 7.11. The quantitative estimate of drug-likeness (QED) is 0.877. The Morgan fingerprint density at radius 1 is 1.17 bits per heavy atom. The number of benzene rings is 1. The molecule has 0 aromatic heterocycles. The Balaban J connectivity index is 1.54. The van der Waals surface area contributed by atoms with Gasteiger partial charge in [0.15, 0.2) is 0 Å². The Kier molecular flexibility index (Phi) is 3.96. The topological polar surface area (TPSA) is 21.3 Å². The standard InChI is InChI=1S/C16H23NO/c1-2-6-13(5-1)9-10-17-16-12-18-11-14-7-3-4-8-15(14)16/h3-4,7-8,13,16-17H,1-2,5-6,9-12H2. The second-order valence-corrected chi connectivity index (χ2v) is 5.66. The molecule has 98 valence electrons. The highest BCUT2D eigenvalue weighted by atomic mass is 16.5. The number of nitrogens with one attached hydrogen (secondary N) is 1. The molecule has 1 unspecified atom stereocenters. The SMILES string of the molecule is c1ccc2c(c1)COCC2NCCC1CCCC1. The Labute approximate surface area is 110 Å². The van der Waals surface area contributed by atoms with E-state index >= 15 is 0 Å². The summed E-state index contributed by atoms with van der Waals surface area (Å²) in [6, 6.07) is 9.06. The van der Waals surface area contributed by atoms with Gasteiger partial charge in [-0.25, -0.2) is 0 Å². The first-order chi connectivity index (χ1) is 8.93. The highest BCUT2D eigenvalue weighted by Crippen LogP contribution is 2.28. The van der Waals surface area contributed by atoms with Crippen LogP contribution in [0.15, 0.2) is 24.3 Å². The Morgan fingerprint density at radius 2 is 2.00 bits per heavy atom. The van der Waals surface area contributed by atoms with Crippen LogP contribution in [-0.4, -0.2) is 13.2 Å². The molecule has 3 rings (SSSR count). The normalized spacial score (nSPS) is 24.1. The summed E-state index contributed by atoms with van der Waals surface area (Å²) in [5.41, 5.74) is 2.79. The monoisotopic (exact) mass is 245 g/mol. The maximum atomic E-state index is 5.67. The predicted octanol–water partition coefficient (Wildman–Crippen LogP) is 3.43. The van der Waals surface area contributed by atoms with Gasteiger partial charge in [0.05, 0.1) is 19.3 Å². The lowest BCUT2D eigenvalue weighted by Gasteiger charge is -2.27. The average Bonchev–Trinajstić information content (AvgIpc) is 2.92. The molecule has 0 bridgehead atoms. The lowest BCUT2D eigenvalue weighted by Crippen LogP contribution is -2.31. The van der Waals surface area contributed by atoms with E-state index in [0.717, 1.165) is 25.7 Å². The van der Waals surface area contributed by atoms with Gasteiger partial charge >= 0.3 is 0 Å². The van der Waals surface area contributed by atoms with Crippen molar-refractivity contribution in [2.45, 2.75) is 44.8 Å². The van der Waals surface area contributed by atoms with E-state index < -0.39 is 0 Å². The van der Waals surface area contributed by atoms with E-state index in [2.05, 4.69) is 29.6 Å². The molecule has 1 aromatic rings. The summed E-state index contributed by atoms with van der Waals surface area (Å²) in [6.45, 7) is 2.73. The fourth-order valence-corrected chi connectivity index (χ4v) is 3.31. The van der Waals surface area contributed by atoms with Crippen LogP contribution in [0.25, 0.3) is 0 Å². The summed E-state index contributed by atoms with van der Waals surface area (Å²) in [7, 11) is 0. The third kappa shape index (κ3) is 2.76. The summed E-state index contributed by atoms with van der Waals surface area (Å²) >= 11 is 0. The first-order valence-electron chi connectivity index (χ1n) is 7.32. The van der Waals surface area contributed by atoms with Crippen molar-refractivity contribution in [3.05, 3.63) is 35.4 Å². The van der Waals surface area contributed by atoms with Crippen LogP contribution in [-0.2, 0) is 11.3 Å².